The molecule has 1 aliphatic heterocycles. The maximum Gasteiger partial charge on any atom is 0.266 e. The number of anilines is 1. The fourth-order valence-corrected chi connectivity index (χ4v) is 4.87. The van der Waals surface area contributed by atoms with Crippen molar-refractivity contribution in [2.24, 2.45) is 0 Å². The first-order chi connectivity index (χ1) is 14.6. The Morgan fingerprint density at radius 2 is 2.07 bits per heavy atom. The van der Waals surface area contributed by atoms with Gasteiger partial charge in [0.1, 0.15) is 10.1 Å². The van der Waals surface area contributed by atoms with Crippen LogP contribution in [-0.4, -0.2) is 32.6 Å². The van der Waals surface area contributed by atoms with Crippen LogP contribution in [0.3, 0.4) is 0 Å². The van der Waals surface area contributed by atoms with Gasteiger partial charge in [0, 0.05) is 30.0 Å². The van der Waals surface area contributed by atoms with Gasteiger partial charge in [-0.25, -0.2) is 4.98 Å². The predicted molar refractivity (Wildman–Crippen MR) is 124 cm³/mol. The van der Waals surface area contributed by atoms with Crippen LogP contribution < -0.4 is 5.32 Å². The lowest BCUT2D eigenvalue weighted by molar-refractivity contribution is -0.122. The lowest BCUT2D eigenvalue weighted by Gasteiger charge is -2.13. The van der Waals surface area contributed by atoms with Gasteiger partial charge in [-0.2, -0.15) is 0 Å². The van der Waals surface area contributed by atoms with E-state index in [9.17, 15) is 9.59 Å². The lowest BCUT2D eigenvalue weighted by Crippen LogP contribution is -2.29. The number of aromatic nitrogens is 1. The smallest absolute Gasteiger partial charge is 0.266 e. The summed E-state index contributed by atoms with van der Waals surface area (Å²) in [5, 5.41) is 5.30. The van der Waals surface area contributed by atoms with Crippen LogP contribution in [0, 0.1) is 0 Å². The standard InChI is InChI=1S/C21H17N3O3S3/c25-18(23-20-22-16(13-29-20)14-6-2-1-3-7-14)9-4-10-24-19(26)17(30-21(24)28)12-15-8-5-11-27-15/h1-3,5-8,11-13H,4,9-10H2,(H,22,23,25). The summed E-state index contributed by atoms with van der Waals surface area (Å²) in [6.07, 6.45) is 4.01. The maximum absolute atomic E-state index is 12.5. The van der Waals surface area contributed by atoms with E-state index in [0.29, 0.717) is 33.1 Å². The number of carbonyl (C=O) groups excluding carboxylic acids is 2. The number of thiazole rings is 1. The Kier molecular flexibility index (Phi) is 6.41. The molecule has 1 N–H and O–H groups in total. The van der Waals surface area contributed by atoms with Crippen molar-refractivity contribution in [3.8, 4) is 11.3 Å². The average molecular weight is 456 g/mol. The minimum absolute atomic E-state index is 0.138. The number of hydrogen-bond donors (Lipinski definition) is 1. The second-order valence-electron chi connectivity index (χ2n) is 6.40. The van der Waals surface area contributed by atoms with Crippen molar-refractivity contribution in [1.82, 2.24) is 9.88 Å². The molecule has 3 heterocycles. The normalized spacial score (nSPS) is 15.2. The number of thiocarbonyl (C=S) groups is 1. The first kappa shape index (κ1) is 20.5. The molecule has 0 bridgehead atoms. The number of carbonyl (C=O) groups is 2. The number of furan rings is 1. The molecule has 6 nitrogen and oxygen atoms in total. The van der Waals surface area contributed by atoms with Crippen molar-refractivity contribution >= 4 is 62.7 Å². The summed E-state index contributed by atoms with van der Waals surface area (Å²) in [7, 11) is 0. The van der Waals surface area contributed by atoms with Crippen LogP contribution in [-0.2, 0) is 9.59 Å². The molecule has 152 valence electrons. The fourth-order valence-electron chi connectivity index (χ4n) is 2.85. The molecule has 3 aromatic rings. The number of rotatable bonds is 7. The number of thioether (sulfide) groups is 1. The molecule has 1 aliphatic rings. The van der Waals surface area contributed by atoms with Gasteiger partial charge in [-0.05, 0) is 18.6 Å². The second-order valence-corrected chi connectivity index (χ2v) is 8.94. The second kappa shape index (κ2) is 9.38. The molecule has 2 amide bonds. The Morgan fingerprint density at radius 1 is 1.23 bits per heavy atom. The van der Waals surface area contributed by atoms with Gasteiger partial charge < -0.3 is 9.73 Å². The van der Waals surface area contributed by atoms with Crippen LogP contribution in [0.1, 0.15) is 18.6 Å². The summed E-state index contributed by atoms with van der Waals surface area (Å²) in [5.41, 5.74) is 1.84. The van der Waals surface area contributed by atoms with E-state index in [2.05, 4.69) is 10.3 Å². The molecule has 30 heavy (non-hydrogen) atoms. The van der Waals surface area contributed by atoms with Crippen LogP contribution in [0.25, 0.3) is 17.3 Å². The van der Waals surface area contributed by atoms with Gasteiger partial charge in [-0.3, -0.25) is 14.5 Å². The van der Waals surface area contributed by atoms with Crippen molar-refractivity contribution in [1.29, 1.82) is 0 Å². The number of nitrogens with zero attached hydrogens (tertiary/aromatic N) is 2. The van der Waals surface area contributed by atoms with Gasteiger partial charge in [0.2, 0.25) is 5.91 Å². The van der Waals surface area contributed by atoms with Crippen LogP contribution in [0.5, 0.6) is 0 Å². The van der Waals surface area contributed by atoms with Crippen molar-refractivity contribution < 1.29 is 14.0 Å². The summed E-state index contributed by atoms with van der Waals surface area (Å²) in [5.74, 6) is 0.308. The average Bonchev–Trinajstić information content (AvgIpc) is 3.47. The van der Waals surface area contributed by atoms with E-state index in [1.54, 1.807) is 24.5 Å². The van der Waals surface area contributed by atoms with Gasteiger partial charge in [-0.1, -0.05) is 54.3 Å². The van der Waals surface area contributed by atoms with E-state index < -0.39 is 0 Å². The molecule has 0 atom stereocenters. The van der Waals surface area contributed by atoms with E-state index in [1.807, 2.05) is 35.7 Å². The molecule has 0 spiro atoms. The zero-order valence-electron chi connectivity index (χ0n) is 15.7. The van der Waals surface area contributed by atoms with Gasteiger partial charge in [0.25, 0.3) is 5.91 Å². The van der Waals surface area contributed by atoms with Crippen molar-refractivity contribution in [2.75, 3.05) is 11.9 Å². The molecule has 4 rings (SSSR count). The number of amides is 2. The molecule has 0 aliphatic carbocycles. The number of hydrogen-bond acceptors (Lipinski definition) is 7. The number of nitrogens with one attached hydrogen (secondary N) is 1. The Balaban J connectivity index is 1.27. The highest BCUT2D eigenvalue weighted by molar-refractivity contribution is 8.26. The maximum atomic E-state index is 12.5. The molecular weight excluding hydrogens is 438 g/mol. The summed E-state index contributed by atoms with van der Waals surface area (Å²) in [4.78, 5) is 31.3. The molecule has 2 aromatic heterocycles. The molecule has 1 aromatic carbocycles. The Labute approximate surface area is 187 Å². The van der Waals surface area contributed by atoms with E-state index in [-0.39, 0.29) is 18.2 Å². The summed E-state index contributed by atoms with van der Waals surface area (Å²) < 4.78 is 5.74. The molecular formula is C21H17N3O3S3. The highest BCUT2D eigenvalue weighted by atomic mass is 32.2. The SMILES string of the molecule is O=C(CCCN1C(=O)C(=Cc2ccco2)SC1=S)Nc1nc(-c2ccccc2)cs1. The highest BCUT2D eigenvalue weighted by Gasteiger charge is 2.31. The summed E-state index contributed by atoms with van der Waals surface area (Å²) in [6, 6.07) is 13.3. The first-order valence-electron chi connectivity index (χ1n) is 9.20. The summed E-state index contributed by atoms with van der Waals surface area (Å²) in [6.45, 7) is 0.390. The Bertz CT molecular complexity index is 1090. The van der Waals surface area contributed by atoms with Crippen LogP contribution in [0.4, 0.5) is 5.13 Å². The van der Waals surface area contributed by atoms with Gasteiger partial charge in [0.15, 0.2) is 5.13 Å². The minimum Gasteiger partial charge on any atom is -0.465 e. The van der Waals surface area contributed by atoms with Crippen molar-refractivity contribution in [3.63, 3.8) is 0 Å². The topological polar surface area (TPSA) is 75.4 Å². The lowest BCUT2D eigenvalue weighted by atomic mass is 10.2. The molecule has 1 saturated heterocycles. The molecule has 0 unspecified atom stereocenters. The van der Waals surface area contributed by atoms with Gasteiger partial charge in [-0.15, -0.1) is 11.3 Å². The van der Waals surface area contributed by atoms with Crippen LogP contribution >= 0.6 is 35.3 Å². The molecule has 9 heteroatoms. The molecule has 1 fully saturated rings. The molecule has 0 saturated carbocycles. The number of benzene rings is 1. The zero-order valence-corrected chi connectivity index (χ0v) is 18.2. The zero-order chi connectivity index (χ0) is 20.9. The monoisotopic (exact) mass is 455 g/mol. The summed E-state index contributed by atoms with van der Waals surface area (Å²) >= 11 is 7.94. The van der Waals surface area contributed by atoms with Gasteiger partial charge >= 0.3 is 0 Å². The van der Waals surface area contributed by atoms with Crippen molar-refractivity contribution in [2.45, 2.75) is 12.8 Å². The van der Waals surface area contributed by atoms with E-state index in [4.69, 9.17) is 16.6 Å². The van der Waals surface area contributed by atoms with Gasteiger partial charge in [0.05, 0.1) is 16.9 Å². The van der Waals surface area contributed by atoms with E-state index in [0.717, 1.165) is 11.3 Å². The van der Waals surface area contributed by atoms with Crippen LogP contribution in [0.15, 0.2) is 63.4 Å². The third-order valence-corrected chi connectivity index (χ3v) is 6.43. The van der Waals surface area contributed by atoms with E-state index in [1.165, 1.54) is 28.0 Å². The third kappa shape index (κ3) is 4.86. The first-order valence-corrected chi connectivity index (χ1v) is 11.3. The fraction of sp³-hybridized carbons (Fsp3) is 0.143. The largest absolute Gasteiger partial charge is 0.465 e. The Hall–Kier alpha value is -2.75. The molecule has 0 radical (unpaired) electrons. The third-order valence-electron chi connectivity index (χ3n) is 4.30. The quantitative estimate of drug-likeness (QED) is 0.398. The van der Waals surface area contributed by atoms with Crippen LogP contribution in [0.2, 0.25) is 0 Å². The Morgan fingerprint density at radius 3 is 2.83 bits per heavy atom. The minimum atomic E-state index is -0.158. The predicted octanol–water partition coefficient (Wildman–Crippen LogP) is 5.02. The highest BCUT2D eigenvalue weighted by Crippen LogP contribution is 2.32. The van der Waals surface area contributed by atoms with E-state index >= 15 is 0 Å². The van der Waals surface area contributed by atoms with Crippen molar-refractivity contribution in [3.05, 3.63) is 64.8 Å².